The molecule has 0 aromatic carbocycles. The van der Waals surface area contributed by atoms with Crippen LogP contribution in [0, 0.1) is 6.92 Å². The van der Waals surface area contributed by atoms with Gasteiger partial charge < -0.3 is 34.0 Å². The molecule has 0 radical (unpaired) electrons. The molecule has 188 valence electrons. The van der Waals surface area contributed by atoms with Crippen LogP contribution in [0.25, 0.3) is 0 Å². The summed E-state index contributed by atoms with van der Waals surface area (Å²) >= 11 is 5.45. The van der Waals surface area contributed by atoms with Crippen LogP contribution >= 0.6 is 26.8 Å². The minimum atomic E-state index is -4.18. The van der Waals surface area contributed by atoms with Gasteiger partial charge in [-0.3, -0.25) is 18.5 Å². The molecular formula is C17H34ClN3O9P2. The summed E-state index contributed by atoms with van der Waals surface area (Å²) in [7, 11) is -7.32. The smallest absolute Gasteiger partial charge is 0.356 e. The van der Waals surface area contributed by atoms with E-state index >= 15 is 0 Å². The molecule has 15 heteroatoms. The monoisotopic (exact) mass is 521 g/mol. The Balaban J connectivity index is 0.000000607. The molecule has 1 aromatic heterocycles. The maximum atomic E-state index is 12.1. The molecule has 1 aromatic rings. The molecule has 0 aliphatic heterocycles. The van der Waals surface area contributed by atoms with E-state index in [-0.39, 0.29) is 43.2 Å². The van der Waals surface area contributed by atoms with Crippen molar-refractivity contribution in [3.05, 3.63) is 22.1 Å². The molecule has 0 amide bonds. The minimum Gasteiger partial charge on any atom is -0.369 e. The Morgan fingerprint density at radius 1 is 1.09 bits per heavy atom. The van der Waals surface area contributed by atoms with Crippen molar-refractivity contribution in [3.8, 4) is 0 Å². The highest BCUT2D eigenvalue weighted by Gasteiger charge is 2.27. The lowest BCUT2D eigenvalue weighted by Gasteiger charge is -2.22. The highest BCUT2D eigenvalue weighted by Crippen LogP contribution is 2.50. The van der Waals surface area contributed by atoms with E-state index in [1.807, 2.05) is 0 Å². The van der Waals surface area contributed by atoms with Crippen molar-refractivity contribution in [1.29, 1.82) is 0 Å². The number of rotatable bonds is 13. The van der Waals surface area contributed by atoms with Crippen LogP contribution in [-0.4, -0.2) is 63.3 Å². The Morgan fingerprint density at radius 2 is 1.62 bits per heavy atom. The number of aryl methyl sites for hydroxylation is 1. The fraction of sp³-hybridized carbons (Fsp3) is 0.765. The number of ether oxygens (including phenoxy) is 2. The first kappa shape index (κ1) is 31.2. The molecule has 1 rings (SSSR count). The first-order valence-corrected chi connectivity index (χ1v) is 13.8. The van der Waals surface area contributed by atoms with Crippen molar-refractivity contribution in [3.63, 3.8) is 0 Å². The number of nitrogens with two attached hydrogens (primary N) is 1. The fourth-order valence-corrected chi connectivity index (χ4v) is 4.45. The van der Waals surface area contributed by atoms with E-state index in [9.17, 15) is 13.9 Å². The van der Waals surface area contributed by atoms with Crippen LogP contribution in [0.4, 0.5) is 5.95 Å². The van der Waals surface area contributed by atoms with E-state index in [1.165, 1.54) is 10.6 Å². The summed E-state index contributed by atoms with van der Waals surface area (Å²) in [6.45, 7) is 9.27. The Kier molecular flexibility index (Phi) is 14.8. The van der Waals surface area contributed by atoms with Gasteiger partial charge in [0.05, 0.1) is 32.0 Å². The zero-order chi connectivity index (χ0) is 24.9. The summed E-state index contributed by atoms with van der Waals surface area (Å²) in [5.41, 5.74) is 5.72. The average Bonchev–Trinajstić information content (AvgIpc) is 2.58. The second-order valence-electron chi connectivity index (χ2n) is 7.09. The summed E-state index contributed by atoms with van der Waals surface area (Å²) in [4.78, 5) is 32.5. The van der Waals surface area contributed by atoms with Crippen LogP contribution in [0.5, 0.6) is 0 Å². The summed E-state index contributed by atoms with van der Waals surface area (Å²) in [5.74, 6) is 0.415. The van der Waals surface area contributed by atoms with Gasteiger partial charge in [-0.2, -0.15) is 0 Å². The molecule has 4 N–H and O–H groups in total. The molecule has 0 bridgehead atoms. The first-order valence-electron chi connectivity index (χ1n) is 9.75. The first-order chi connectivity index (χ1) is 14.7. The third-order valence-electron chi connectivity index (χ3n) is 3.10. The van der Waals surface area contributed by atoms with Gasteiger partial charge in [-0.1, -0.05) is 0 Å². The molecule has 0 fully saturated rings. The van der Waals surface area contributed by atoms with Gasteiger partial charge >= 0.3 is 15.2 Å². The molecule has 0 aliphatic rings. The van der Waals surface area contributed by atoms with Crippen molar-refractivity contribution >= 4 is 32.7 Å². The quantitative estimate of drug-likeness (QED) is 0.198. The van der Waals surface area contributed by atoms with Crippen LogP contribution < -0.4 is 11.3 Å². The van der Waals surface area contributed by atoms with E-state index in [1.54, 1.807) is 34.6 Å². The maximum absolute atomic E-state index is 12.1. The van der Waals surface area contributed by atoms with E-state index in [4.69, 9.17) is 45.6 Å². The van der Waals surface area contributed by atoms with E-state index in [0.717, 1.165) is 0 Å². The third kappa shape index (κ3) is 15.1. The Labute approximate surface area is 193 Å². The van der Waals surface area contributed by atoms with E-state index in [2.05, 4.69) is 4.98 Å². The molecule has 1 heterocycles. The van der Waals surface area contributed by atoms with Gasteiger partial charge in [0.25, 0.3) is 5.56 Å². The van der Waals surface area contributed by atoms with Crippen LogP contribution in [-0.2, 0) is 34.2 Å². The Bertz CT molecular complexity index is 816. The molecule has 0 spiro atoms. The van der Waals surface area contributed by atoms with Crippen molar-refractivity contribution in [1.82, 2.24) is 9.55 Å². The SMILES string of the molecule is CC(C)OP(=O)(COCCCl)OC(C)C.Cc1cc(=O)n(CCOCP(=O)(O)O)c(N)n1. The van der Waals surface area contributed by atoms with Gasteiger partial charge in [0, 0.05) is 17.6 Å². The van der Waals surface area contributed by atoms with E-state index in [0.29, 0.717) is 18.2 Å². The highest BCUT2D eigenvalue weighted by molar-refractivity contribution is 7.53. The lowest BCUT2D eigenvalue weighted by Crippen LogP contribution is -2.26. The topological polar surface area (TPSA) is 172 Å². The number of aromatic nitrogens is 2. The number of nitrogen functional groups attached to an aromatic ring is 1. The zero-order valence-electron chi connectivity index (χ0n) is 19.0. The summed E-state index contributed by atoms with van der Waals surface area (Å²) in [5, 5.41) is 0. The second-order valence-corrected chi connectivity index (χ2v) is 11.0. The molecule has 12 nitrogen and oxygen atoms in total. The van der Waals surface area contributed by atoms with Gasteiger partial charge in [0.1, 0.15) is 12.7 Å². The molecule has 0 aliphatic carbocycles. The van der Waals surface area contributed by atoms with Crippen molar-refractivity contribution < 1.29 is 37.4 Å². The predicted molar refractivity (Wildman–Crippen MR) is 122 cm³/mol. The van der Waals surface area contributed by atoms with Gasteiger partial charge in [0.15, 0.2) is 0 Å². The Morgan fingerprint density at radius 3 is 2.06 bits per heavy atom. The standard InChI is InChI=1S/C9H20ClO4P.C8H14N3O5P/c1-8(2)13-15(11,14-9(3)4)7-12-6-5-10;1-6-4-7(12)11(8(9)10-6)2-3-16-5-17(13,14)15/h8-9H,5-7H2,1-4H3;4H,2-3,5H2,1H3,(H2,9,10)(H2,13,14,15). The lowest BCUT2D eigenvalue weighted by atomic mass is 10.4. The normalized spacial score (nSPS) is 12.2. The van der Waals surface area contributed by atoms with E-state index < -0.39 is 21.5 Å². The van der Waals surface area contributed by atoms with Crippen LogP contribution in [0.3, 0.4) is 0 Å². The highest BCUT2D eigenvalue weighted by atomic mass is 35.5. The number of nitrogens with zero attached hydrogens (tertiary/aromatic N) is 2. The zero-order valence-corrected chi connectivity index (χ0v) is 21.5. The molecular weight excluding hydrogens is 488 g/mol. The largest absolute Gasteiger partial charge is 0.369 e. The molecule has 0 unspecified atom stereocenters. The fourth-order valence-electron chi connectivity index (χ4n) is 2.17. The van der Waals surface area contributed by atoms with Crippen LogP contribution in [0.2, 0.25) is 0 Å². The number of hydrogen-bond acceptors (Lipinski definition) is 9. The van der Waals surface area contributed by atoms with Gasteiger partial charge in [-0.05, 0) is 34.6 Å². The maximum Gasteiger partial charge on any atom is 0.356 e. The average molecular weight is 522 g/mol. The second kappa shape index (κ2) is 15.2. The van der Waals surface area contributed by atoms with Crippen molar-refractivity contribution in [2.45, 2.75) is 53.4 Å². The van der Waals surface area contributed by atoms with Crippen molar-refractivity contribution in [2.75, 3.05) is 37.5 Å². The molecule has 0 atom stereocenters. The van der Waals surface area contributed by atoms with Gasteiger partial charge in [0.2, 0.25) is 5.95 Å². The molecule has 0 saturated heterocycles. The predicted octanol–water partition coefficient (Wildman–Crippen LogP) is 2.53. The Hall–Kier alpha value is -0.810. The summed E-state index contributed by atoms with van der Waals surface area (Å²) in [6, 6.07) is 1.32. The summed E-state index contributed by atoms with van der Waals surface area (Å²) in [6.07, 6.45) is -1.04. The number of alkyl halides is 1. The lowest BCUT2D eigenvalue weighted by molar-refractivity contribution is 0.104. The number of halogens is 1. The van der Waals surface area contributed by atoms with Crippen molar-refractivity contribution in [2.24, 2.45) is 0 Å². The van der Waals surface area contributed by atoms with Crippen LogP contribution in [0.15, 0.2) is 10.9 Å². The minimum absolute atomic E-state index is 0.0278. The third-order valence-corrected chi connectivity index (χ3v) is 5.76. The van der Waals surface area contributed by atoms with Gasteiger partial charge in [-0.15, -0.1) is 11.6 Å². The number of anilines is 1. The van der Waals surface area contributed by atoms with Gasteiger partial charge in [-0.25, -0.2) is 4.98 Å². The van der Waals surface area contributed by atoms with Crippen LogP contribution in [0.1, 0.15) is 33.4 Å². The molecule has 32 heavy (non-hydrogen) atoms. The number of hydrogen-bond donors (Lipinski definition) is 3. The molecule has 0 saturated carbocycles. The summed E-state index contributed by atoms with van der Waals surface area (Å²) < 4.78 is 44.1.